The molecule has 1 heterocycles. The van der Waals surface area contributed by atoms with Gasteiger partial charge in [-0.3, -0.25) is 0 Å². The average Bonchev–Trinajstić information content (AvgIpc) is 2.86. The minimum absolute atomic E-state index is 0.558. The zero-order valence-corrected chi connectivity index (χ0v) is 13.4. The highest BCUT2D eigenvalue weighted by Gasteiger charge is 2.07. The first kappa shape index (κ1) is 15.6. The average molecular weight is 287 g/mol. The molecular formula is C16H25N5. The van der Waals surface area contributed by atoms with Gasteiger partial charge >= 0.3 is 0 Å². The normalized spacial score (nSPS) is 11.5. The van der Waals surface area contributed by atoms with Gasteiger partial charge in [0.15, 0.2) is 5.82 Å². The maximum Gasteiger partial charge on any atom is 0.165 e. The topological polar surface area (TPSA) is 55.6 Å². The van der Waals surface area contributed by atoms with Crippen molar-refractivity contribution >= 4 is 0 Å². The Balaban J connectivity index is 1.98. The summed E-state index contributed by atoms with van der Waals surface area (Å²) in [5.74, 6) is 2.06. The monoisotopic (exact) mass is 287 g/mol. The van der Waals surface area contributed by atoms with Crippen LogP contribution in [0.3, 0.4) is 0 Å². The van der Waals surface area contributed by atoms with E-state index in [9.17, 15) is 0 Å². The van der Waals surface area contributed by atoms with Crippen LogP contribution in [0.4, 0.5) is 0 Å². The fourth-order valence-corrected chi connectivity index (χ4v) is 2.13. The third-order valence-electron chi connectivity index (χ3n) is 3.42. The molecule has 0 fully saturated rings. The second kappa shape index (κ2) is 7.31. The summed E-state index contributed by atoms with van der Waals surface area (Å²) in [5, 5.41) is 15.3. The van der Waals surface area contributed by atoms with Gasteiger partial charge in [0.2, 0.25) is 0 Å². The van der Waals surface area contributed by atoms with Gasteiger partial charge < -0.3 is 5.32 Å². The molecule has 1 aromatic carbocycles. The van der Waals surface area contributed by atoms with Crippen molar-refractivity contribution in [1.29, 1.82) is 0 Å². The minimum atomic E-state index is 0.558. The summed E-state index contributed by atoms with van der Waals surface area (Å²) in [6.45, 7) is 11.2. The van der Waals surface area contributed by atoms with E-state index in [4.69, 9.17) is 0 Å². The molecule has 0 aliphatic rings. The first-order valence-electron chi connectivity index (χ1n) is 7.61. The van der Waals surface area contributed by atoms with Gasteiger partial charge in [-0.15, -0.1) is 5.10 Å². The standard InChI is InChI=1S/C16H25N5/c1-12(2)9-17-10-16-18-19-20-21(16)11-14-5-7-15(8-6-14)13(3)4/h5-8,12-13,17H,9-11H2,1-4H3. The Morgan fingerprint density at radius 2 is 1.81 bits per heavy atom. The Morgan fingerprint density at radius 1 is 1.10 bits per heavy atom. The second-order valence-corrected chi connectivity index (χ2v) is 6.17. The molecule has 1 N–H and O–H groups in total. The van der Waals surface area contributed by atoms with E-state index in [-0.39, 0.29) is 0 Å². The molecular weight excluding hydrogens is 262 g/mol. The highest BCUT2D eigenvalue weighted by molar-refractivity contribution is 5.24. The van der Waals surface area contributed by atoms with Crippen LogP contribution >= 0.6 is 0 Å². The first-order valence-corrected chi connectivity index (χ1v) is 7.61. The lowest BCUT2D eigenvalue weighted by molar-refractivity contribution is 0.523. The van der Waals surface area contributed by atoms with E-state index in [1.807, 2.05) is 4.68 Å². The van der Waals surface area contributed by atoms with Gasteiger partial charge in [0.25, 0.3) is 0 Å². The Bertz CT molecular complexity index is 542. The Morgan fingerprint density at radius 3 is 2.43 bits per heavy atom. The largest absolute Gasteiger partial charge is 0.310 e. The van der Waals surface area contributed by atoms with Crippen LogP contribution in [0.1, 0.15) is 50.6 Å². The molecule has 114 valence electrons. The molecule has 0 saturated carbocycles. The summed E-state index contributed by atoms with van der Waals surface area (Å²) in [4.78, 5) is 0. The van der Waals surface area contributed by atoms with Gasteiger partial charge in [-0.05, 0) is 39.9 Å². The molecule has 2 rings (SSSR count). The van der Waals surface area contributed by atoms with E-state index in [0.29, 0.717) is 24.9 Å². The summed E-state index contributed by atoms with van der Waals surface area (Å²) in [5.41, 5.74) is 2.58. The molecule has 1 aromatic heterocycles. The molecule has 0 saturated heterocycles. The first-order chi connectivity index (χ1) is 10.1. The van der Waals surface area contributed by atoms with Gasteiger partial charge in [-0.25, -0.2) is 4.68 Å². The van der Waals surface area contributed by atoms with Crippen LogP contribution in [-0.4, -0.2) is 26.8 Å². The fourth-order valence-electron chi connectivity index (χ4n) is 2.13. The van der Waals surface area contributed by atoms with Crippen LogP contribution in [0.2, 0.25) is 0 Å². The molecule has 0 amide bonds. The number of hydrogen-bond donors (Lipinski definition) is 1. The van der Waals surface area contributed by atoms with Gasteiger partial charge in [0.05, 0.1) is 13.1 Å². The predicted molar refractivity (Wildman–Crippen MR) is 84.0 cm³/mol. The van der Waals surface area contributed by atoms with Crippen molar-refractivity contribution in [2.75, 3.05) is 6.54 Å². The number of hydrogen-bond acceptors (Lipinski definition) is 4. The van der Waals surface area contributed by atoms with Gasteiger partial charge in [-0.1, -0.05) is 52.0 Å². The number of nitrogens with zero attached hydrogens (tertiary/aromatic N) is 4. The van der Waals surface area contributed by atoms with E-state index in [0.717, 1.165) is 12.4 Å². The molecule has 0 atom stereocenters. The molecule has 0 radical (unpaired) electrons. The second-order valence-electron chi connectivity index (χ2n) is 6.17. The van der Waals surface area contributed by atoms with Crippen LogP contribution in [0.5, 0.6) is 0 Å². The molecule has 21 heavy (non-hydrogen) atoms. The molecule has 0 aliphatic heterocycles. The van der Waals surface area contributed by atoms with Crippen LogP contribution in [0.25, 0.3) is 0 Å². The van der Waals surface area contributed by atoms with Crippen molar-refractivity contribution in [3.8, 4) is 0 Å². The summed E-state index contributed by atoms with van der Waals surface area (Å²) in [6.07, 6.45) is 0. The highest BCUT2D eigenvalue weighted by atomic mass is 15.5. The lowest BCUT2D eigenvalue weighted by Gasteiger charge is -2.09. The van der Waals surface area contributed by atoms with Crippen LogP contribution in [-0.2, 0) is 13.1 Å². The maximum atomic E-state index is 4.09. The van der Waals surface area contributed by atoms with Crippen LogP contribution < -0.4 is 5.32 Å². The molecule has 5 heteroatoms. The Labute approximate surface area is 126 Å². The van der Waals surface area contributed by atoms with Crippen LogP contribution in [0, 0.1) is 5.92 Å². The zero-order chi connectivity index (χ0) is 15.2. The summed E-state index contributed by atoms with van der Waals surface area (Å²) in [7, 11) is 0. The number of benzene rings is 1. The lowest BCUT2D eigenvalue weighted by Crippen LogP contribution is -2.22. The lowest BCUT2D eigenvalue weighted by atomic mass is 10.0. The highest BCUT2D eigenvalue weighted by Crippen LogP contribution is 2.15. The van der Waals surface area contributed by atoms with Crippen molar-refractivity contribution in [1.82, 2.24) is 25.5 Å². The number of rotatable bonds is 7. The third-order valence-corrected chi connectivity index (χ3v) is 3.42. The smallest absolute Gasteiger partial charge is 0.165 e. The van der Waals surface area contributed by atoms with Crippen LogP contribution in [0.15, 0.2) is 24.3 Å². The van der Waals surface area contributed by atoms with E-state index < -0.39 is 0 Å². The Hall–Kier alpha value is -1.75. The SMILES string of the molecule is CC(C)CNCc1nnnn1Cc1ccc(C(C)C)cc1. The van der Waals surface area contributed by atoms with E-state index >= 15 is 0 Å². The molecule has 5 nitrogen and oxygen atoms in total. The van der Waals surface area contributed by atoms with Crippen molar-refractivity contribution in [3.63, 3.8) is 0 Å². The number of tetrazole rings is 1. The number of nitrogens with one attached hydrogen (secondary N) is 1. The van der Waals surface area contributed by atoms with Crippen molar-refractivity contribution in [3.05, 3.63) is 41.2 Å². The molecule has 0 aliphatic carbocycles. The fraction of sp³-hybridized carbons (Fsp3) is 0.562. The summed E-state index contributed by atoms with van der Waals surface area (Å²) >= 11 is 0. The minimum Gasteiger partial charge on any atom is -0.310 e. The van der Waals surface area contributed by atoms with Gasteiger partial charge in [-0.2, -0.15) is 0 Å². The molecule has 0 bridgehead atoms. The maximum absolute atomic E-state index is 4.09. The van der Waals surface area contributed by atoms with Crippen molar-refractivity contribution in [2.45, 2.75) is 46.7 Å². The molecule has 0 unspecified atom stereocenters. The quantitative estimate of drug-likeness (QED) is 0.850. The predicted octanol–water partition coefficient (Wildman–Crippen LogP) is 2.59. The Kier molecular flexibility index (Phi) is 5.44. The van der Waals surface area contributed by atoms with E-state index in [2.05, 4.69) is 72.8 Å². The van der Waals surface area contributed by atoms with Gasteiger partial charge in [0.1, 0.15) is 0 Å². The summed E-state index contributed by atoms with van der Waals surface area (Å²) < 4.78 is 1.86. The van der Waals surface area contributed by atoms with E-state index in [1.165, 1.54) is 11.1 Å². The van der Waals surface area contributed by atoms with Gasteiger partial charge in [0, 0.05) is 0 Å². The third kappa shape index (κ3) is 4.63. The molecule has 0 spiro atoms. The van der Waals surface area contributed by atoms with Crippen molar-refractivity contribution in [2.24, 2.45) is 5.92 Å². The number of aromatic nitrogens is 4. The summed E-state index contributed by atoms with van der Waals surface area (Å²) in [6, 6.07) is 8.67. The van der Waals surface area contributed by atoms with E-state index in [1.54, 1.807) is 0 Å². The van der Waals surface area contributed by atoms with Crippen molar-refractivity contribution < 1.29 is 0 Å². The molecule has 2 aromatic rings. The zero-order valence-electron chi connectivity index (χ0n) is 13.4.